The third-order valence-electron chi connectivity index (χ3n) is 8.82. The van der Waals surface area contributed by atoms with Gasteiger partial charge in [-0.15, -0.1) is 0 Å². The fraction of sp³-hybridized carbons (Fsp3) is 0. The molecule has 3 nitrogen and oxygen atoms in total. The van der Waals surface area contributed by atoms with E-state index in [4.69, 9.17) is 9.40 Å². The zero-order valence-corrected chi connectivity index (χ0v) is 25.0. The molecular formula is C43H28N2O. The van der Waals surface area contributed by atoms with Crippen molar-refractivity contribution in [2.75, 3.05) is 0 Å². The van der Waals surface area contributed by atoms with Gasteiger partial charge in [0.05, 0.1) is 22.3 Å². The number of hydrogen-bond acceptors (Lipinski definition) is 2. The molecule has 0 bridgehead atoms. The van der Waals surface area contributed by atoms with Crippen LogP contribution in [0.5, 0.6) is 0 Å². The van der Waals surface area contributed by atoms with Crippen molar-refractivity contribution in [1.82, 2.24) is 9.55 Å². The lowest BCUT2D eigenvalue weighted by Gasteiger charge is -2.21. The van der Waals surface area contributed by atoms with Gasteiger partial charge in [0.15, 0.2) is 0 Å². The van der Waals surface area contributed by atoms with Gasteiger partial charge in [-0.2, -0.15) is 0 Å². The SMILES string of the molecule is c1ccc(-c2cc(-c3ccccc3)c(-n3c(-c4cccc5c4oc4ccccc45)nc4ccccc43)c(-c3ccccc3)c2)cc1. The van der Waals surface area contributed by atoms with Crippen LogP contribution in [0.25, 0.3) is 83.4 Å². The van der Waals surface area contributed by atoms with Gasteiger partial charge >= 0.3 is 0 Å². The summed E-state index contributed by atoms with van der Waals surface area (Å²) in [6, 6.07) is 59.7. The van der Waals surface area contributed by atoms with E-state index in [-0.39, 0.29) is 0 Å². The normalized spacial score (nSPS) is 11.5. The first-order valence-electron chi connectivity index (χ1n) is 15.6. The highest BCUT2D eigenvalue weighted by atomic mass is 16.3. The smallest absolute Gasteiger partial charge is 0.149 e. The van der Waals surface area contributed by atoms with Crippen molar-refractivity contribution in [2.45, 2.75) is 0 Å². The lowest BCUT2D eigenvalue weighted by Crippen LogP contribution is -2.04. The van der Waals surface area contributed by atoms with E-state index in [1.807, 2.05) is 12.1 Å². The molecule has 0 saturated heterocycles. The average molecular weight is 589 g/mol. The van der Waals surface area contributed by atoms with Gasteiger partial charge in [-0.05, 0) is 58.7 Å². The number of fused-ring (bicyclic) bond motifs is 4. The van der Waals surface area contributed by atoms with Gasteiger partial charge in [-0.1, -0.05) is 133 Å². The molecule has 0 fully saturated rings. The van der Waals surface area contributed by atoms with Crippen LogP contribution in [0.3, 0.4) is 0 Å². The molecule has 2 aromatic heterocycles. The molecule has 216 valence electrons. The first-order chi connectivity index (χ1) is 22.8. The summed E-state index contributed by atoms with van der Waals surface area (Å²) >= 11 is 0. The molecule has 0 aliphatic heterocycles. The van der Waals surface area contributed by atoms with E-state index in [9.17, 15) is 0 Å². The molecule has 2 heterocycles. The fourth-order valence-corrected chi connectivity index (χ4v) is 6.70. The molecule has 0 atom stereocenters. The summed E-state index contributed by atoms with van der Waals surface area (Å²) in [4.78, 5) is 5.33. The van der Waals surface area contributed by atoms with Crippen LogP contribution in [0.1, 0.15) is 0 Å². The Morgan fingerprint density at radius 3 is 1.70 bits per heavy atom. The molecule has 46 heavy (non-hydrogen) atoms. The number of aromatic nitrogens is 2. The number of hydrogen-bond donors (Lipinski definition) is 0. The van der Waals surface area contributed by atoms with Gasteiger partial charge in [0.25, 0.3) is 0 Å². The van der Waals surface area contributed by atoms with Crippen LogP contribution in [0.2, 0.25) is 0 Å². The molecule has 3 heteroatoms. The first-order valence-corrected chi connectivity index (χ1v) is 15.6. The summed E-state index contributed by atoms with van der Waals surface area (Å²) in [6.07, 6.45) is 0. The van der Waals surface area contributed by atoms with Crippen molar-refractivity contribution in [2.24, 2.45) is 0 Å². The highest BCUT2D eigenvalue weighted by molar-refractivity contribution is 6.09. The second-order valence-electron chi connectivity index (χ2n) is 11.6. The zero-order chi connectivity index (χ0) is 30.5. The minimum atomic E-state index is 0.837. The van der Waals surface area contributed by atoms with Crippen molar-refractivity contribution in [3.05, 3.63) is 170 Å². The number of furan rings is 1. The van der Waals surface area contributed by atoms with Crippen LogP contribution in [-0.2, 0) is 0 Å². The van der Waals surface area contributed by atoms with Gasteiger partial charge in [0.2, 0.25) is 0 Å². The molecule has 0 unspecified atom stereocenters. The van der Waals surface area contributed by atoms with Crippen LogP contribution in [-0.4, -0.2) is 9.55 Å². The Kier molecular flexibility index (Phi) is 6.14. The van der Waals surface area contributed by atoms with Crippen LogP contribution >= 0.6 is 0 Å². The monoisotopic (exact) mass is 588 g/mol. The molecule has 0 aliphatic carbocycles. The molecule has 9 aromatic rings. The molecular weight excluding hydrogens is 560 g/mol. The maximum atomic E-state index is 6.58. The van der Waals surface area contributed by atoms with E-state index < -0.39 is 0 Å². The summed E-state index contributed by atoms with van der Waals surface area (Å²) in [5.41, 5.74) is 12.6. The number of para-hydroxylation sites is 4. The third-order valence-corrected chi connectivity index (χ3v) is 8.82. The van der Waals surface area contributed by atoms with E-state index in [0.29, 0.717) is 0 Å². The lowest BCUT2D eigenvalue weighted by atomic mass is 9.90. The fourth-order valence-electron chi connectivity index (χ4n) is 6.70. The Hall–Kier alpha value is -6.19. The Morgan fingerprint density at radius 1 is 0.435 bits per heavy atom. The molecule has 7 aromatic carbocycles. The topological polar surface area (TPSA) is 31.0 Å². The van der Waals surface area contributed by atoms with E-state index >= 15 is 0 Å². The third kappa shape index (κ3) is 4.25. The van der Waals surface area contributed by atoms with Crippen LogP contribution in [0.15, 0.2) is 174 Å². The molecule has 0 N–H and O–H groups in total. The first kappa shape index (κ1) is 26.2. The largest absolute Gasteiger partial charge is 0.455 e. The Bertz CT molecular complexity index is 2450. The van der Waals surface area contributed by atoms with Crippen LogP contribution < -0.4 is 0 Å². The Balaban J connectivity index is 1.45. The molecule has 0 amide bonds. The van der Waals surface area contributed by atoms with Gasteiger partial charge in [0, 0.05) is 21.9 Å². The van der Waals surface area contributed by atoms with Crippen molar-refractivity contribution in [1.29, 1.82) is 0 Å². The molecule has 0 saturated carbocycles. The second kappa shape index (κ2) is 10.8. The summed E-state index contributed by atoms with van der Waals surface area (Å²) in [7, 11) is 0. The number of benzene rings is 7. The van der Waals surface area contributed by atoms with Gasteiger partial charge in [-0.3, -0.25) is 4.57 Å². The highest BCUT2D eigenvalue weighted by Gasteiger charge is 2.24. The number of imidazole rings is 1. The van der Waals surface area contributed by atoms with Gasteiger partial charge < -0.3 is 4.42 Å². The maximum absolute atomic E-state index is 6.58. The predicted molar refractivity (Wildman–Crippen MR) is 190 cm³/mol. The molecule has 9 rings (SSSR count). The van der Waals surface area contributed by atoms with Crippen molar-refractivity contribution in [3.8, 4) is 50.5 Å². The summed E-state index contributed by atoms with van der Waals surface area (Å²) in [6.45, 7) is 0. The van der Waals surface area contributed by atoms with Crippen molar-refractivity contribution < 1.29 is 4.42 Å². The molecule has 0 spiro atoms. The van der Waals surface area contributed by atoms with E-state index in [2.05, 4.69) is 162 Å². The standard InChI is InChI=1S/C43H28N2O/c1-4-15-29(16-5-1)32-27-36(30-17-6-2-7-18-30)41(37(28-32)31-19-8-3-9-20-31)45-39-25-12-11-24-38(39)44-43(45)35-23-14-22-34-33-21-10-13-26-40(33)46-42(34)35/h1-28H. The van der Waals surface area contributed by atoms with Crippen molar-refractivity contribution in [3.63, 3.8) is 0 Å². The predicted octanol–water partition coefficient (Wildman–Crippen LogP) is 11.6. The van der Waals surface area contributed by atoms with E-state index in [0.717, 1.165) is 77.9 Å². The lowest BCUT2D eigenvalue weighted by molar-refractivity contribution is 0.669. The van der Waals surface area contributed by atoms with Crippen molar-refractivity contribution >= 4 is 33.0 Å². The molecule has 0 aliphatic rings. The van der Waals surface area contributed by atoms with Crippen LogP contribution in [0, 0.1) is 0 Å². The summed E-state index contributed by atoms with van der Waals surface area (Å²) in [5.74, 6) is 0.840. The minimum Gasteiger partial charge on any atom is -0.455 e. The van der Waals surface area contributed by atoms with Crippen LogP contribution in [0.4, 0.5) is 0 Å². The maximum Gasteiger partial charge on any atom is 0.149 e. The number of rotatable bonds is 5. The summed E-state index contributed by atoms with van der Waals surface area (Å²) < 4.78 is 8.92. The Labute approximate surface area is 266 Å². The molecule has 0 radical (unpaired) electrons. The Morgan fingerprint density at radius 2 is 1.00 bits per heavy atom. The quantitative estimate of drug-likeness (QED) is 0.200. The second-order valence-corrected chi connectivity index (χ2v) is 11.6. The minimum absolute atomic E-state index is 0.837. The highest BCUT2D eigenvalue weighted by Crippen LogP contribution is 2.44. The summed E-state index contributed by atoms with van der Waals surface area (Å²) in [5, 5.41) is 2.18. The van der Waals surface area contributed by atoms with Gasteiger partial charge in [0.1, 0.15) is 17.0 Å². The van der Waals surface area contributed by atoms with Gasteiger partial charge in [-0.25, -0.2) is 4.98 Å². The number of nitrogens with zero attached hydrogens (tertiary/aromatic N) is 2. The van der Waals surface area contributed by atoms with E-state index in [1.165, 1.54) is 5.56 Å². The van der Waals surface area contributed by atoms with E-state index in [1.54, 1.807) is 0 Å². The average Bonchev–Trinajstić information content (AvgIpc) is 3.71. The zero-order valence-electron chi connectivity index (χ0n) is 25.0.